The Balaban J connectivity index is 1.81. The predicted octanol–water partition coefficient (Wildman–Crippen LogP) is 2.67. The number of guanidine groups is 1. The van der Waals surface area contributed by atoms with E-state index in [2.05, 4.69) is 20.9 Å². The molecule has 0 saturated carbocycles. The van der Waals surface area contributed by atoms with Gasteiger partial charge in [0.2, 0.25) is 18.2 Å². The topological polar surface area (TPSA) is 125 Å². The van der Waals surface area contributed by atoms with Crippen molar-refractivity contribution < 1.29 is 28.6 Å². The van der Waals surface area contributed by atoms with E-state index in [1.807, 2.05) is 0 Å². The van der Waals surface area contributed by atoms with Crippen LogP contribution < -0.4 is 20.7 Å². The Kier molecular flexibility index (Phi) is 9.24. The monoisotopic (exact) mass is 507 g/mol. The van der Waals surface area contributed by atoms with Crippen molar-refractivity contribution in [3.8, 4) is 5.75 Å². The number of aliphatic hydroxyl groups is 1. The van der Waals surface area contributed by atoms with Gasteiger partial charge in [-0.25, -0.2) is 9.18 Å². The van der Waals surface area contributed by atoms with Crippen molar-refractivity contribution in [2.24, 2.45) is 4.99 Å². The first kappa shape index (κ1) is 26.2. The highest BCUT2D eigenvalue weighted by atomic mass is 35.5. The van der Waals surface area contributed by atoms with Crippen LogP contribution in [0.5, 0.6) is 5.75 Å². The van der Waals surface area contributed by atoms with E-state index in [1.165, 1.54) is 17.0 Å². The fourth-order valence-corrected chi connectivity index (χ4v) is 3.17. The van der Waals surface area contributed by atoms with Crippen LogP contribution in [0.15, 0.2) is 47.5 Å². The van der Waals surface area contributed by atoms with Crippen molar-refractivity contribution in [1.82, 2.24) is 15.5 Å². The Hall–Kier alpha value is -3.41. The number of carbonyl (C=O) groups excluding carboxylic acids is 2. The van der Waals surface area contributed by atoms with Gasteiger partial charge in [0.25, 0.3) is 0 Å². The lowest BCUT2D eigenvalue weighted by molar-refractivity contribution is -0.128. The van der Waals surface area contributed by atoms with Gasteiger partial charge in [-0.05, 0) is 43.7 Å². The number of anilines is 1. The number of nitrogens with zero attached hydrogens (tertiary/aromatic N) is 2. The number of halogens is 2. The van der Waals surface area contributed by atoms with Crippen LogP contribution in [-0.4, -0.2) is 60.1 Å². The maximum absolute atomic E-state index is 14.5. The van der Waals surface area contributed by atoms with E-state index in [1.54, 1.807) is 44.2 Å². The maximum Gasteiger partial charge on any atom is 0.328 e. The third kappa shape index (κ3) is 7.81. The third-order valence-corrected chi connectivity index (χ3v) is 4.85. The van der Waals surface area contributed by atoms with Crippen LogP contribution in [0.1, 0.15) is 19.4 Å². The summed E-state index contributed by atoms with van der Waals surface area (Å²) in [4.78, 5) is 30.3. The SMILES string of the molecule is CC(C)Oc1ccc(NC2=NC(OCC(=O)NCCO)NC(=O)N2Cc2ccc(Cl)cc2)cc1F. The van der Waals surface area contributed by atoms with Gasteiger partial charge >= 0.3 is 6.03 Å². The van der Waals surface area contributed by atoms with Crippen LogP contribution in [0, 0.1) is 5.82 Å². The minimum atomic E-state index is -1.17. The van der Waals surface area contributed by atoms with Crippen LogP contribution in [-0.2, 0) is 16.1 Å². The Bertz CT molecular complexity index is 1070. The Labute approximate surface area is 207 Å². The second-order valence-corrected chi connectivity index (χ2v) is 8.22. The molecule has 0 spiro atoms. The molecule has 12 heteroatoms. The molecule has 0 aromatic heterocycles. The van der Waals surface area contributed by atoms with Crippen molar-refractivity contribution in [2.75, 3.05) is 25.1 Å². The molecule has 3 rings (SSSR count). The average Bonchev–Trinajstić information content (AvgIpc) is 2.81. The number of aliphatic imine (C=N–C) groups is 1. The van der Waals surface area contributed by atoms with E-state index in [0.717, 1.165) is 5.56 Å². The highest BCUT2D eigenvalue weighted by Gasteiger charge is 2.29. The van der Waals surface area contributed by atoms with Gasteiger partial charge in [0, 0.05) is 23.3 Å². The van der Waals surface area contributed by atoms with Crippen LogP contribution in [0.3, 0.4) is 0 Å². The smallest absolute Gasteiger partial charge is 0.328 e. The minimum Gasteiger partial charge on any atom is -0.488 e. The summed E-state index contributed by atoms with van der Waals surface area (Å²) >= 11 is 5.95. The van der Waals surface area contributed by atoms with Crippen molar-refractivity contribution >= 4 is 35.2 Å². The fraction of sp³-hybridized carbons (Fsp3) is 0.348. The lowest BCUT2D eigenvalue weighted by Crippen LogP contribution is -2.55. The molecule has 1 unspecified atom stereocenters. The van der Waals surface area contributed by atoms with Crippen LogP contribution in [0.4, 0.5) is 14.9 Å². The summed E-state index contributed by atoms with van der Waals surface area (Å²) in [5.74, 6) is -0.880. The number of nitrogens with one attached hydrogen (secondary N) is 3. The molecule has 0 fully saturated rings. The minimum absolute atomic E-state index is 0.0756. The van der Waals surface area contributed by atoms with Gasteiger partial charge in [0.1, 0.15) is 6.61 Å². The number of ether oxygens (including phenoxy) is 2. The number of urea groups is 1. The standard InChI is InChI=1S/C23H27ClFN5O5/c1-14(2)35-19-8-7-17(11-18(19)25)27-21-28-22(34-13-20(32)26-9-10-31)29-23(33)30(21)12-15-3-5-16(24)6-4-15/h3-8,11,14,22,31H,9-10,12-13H2,1-2H3,(H,26,32)(H,27,28)(H,29,33). The largest absolute Gasteiger partial charge is 0.488 e. The average molecular weight is 508 g/mol. The van der Waals surface area contributed by atoms with Gasteiger partial charge in [0.15, 0.2) is 11.6 Å². The molecule has 35 heavy (non-hydrogen) atoms. The number of hydrogen-bond acceptors (Lipinski definition) is 7. The molecule has 3 amide bonds. The summed E-state index contributed by atoms with van der Waals surface area (Å²) < 4.78 is 25.3. The van der Waals surface area contributed by atoms with E-state index >= 15 is 0 Å². The summed E-state index contributed by atoms with van der Waals surface area (Å²) in [7, 11) is 0. The third-order valence-electron chi connectivity index (χ3n) is 4.60. The van der Waals surface area contributed by atoms with E-state index < -0.39 is 30.7 Å². The second-order valence-electron chi connectivity index (χ2n) is 7.79. The second kappa shape index (κ2) is 12.3. The predicted molar refractivity (Wildman–Crippen MR) is 129 cm³/mol. The molecule has 1 atom stereocenters. The first-order chi connectivity index (χ1) is 16.7. The molecular weight excluding hydrogens is 481 g/mol. The number of hydrogen-bond donors (Lipinski definition) is 4. The Morgan fingerprint density at radius 3 is 2.69 bits per heavy atom. The van der Waals surface area contributed by atoms with Gasteiger partial charge in [-0.2, -0.15) is 4.99 Å². The van der Waals surface area contributed by atoms with E-state index in [4.69, 9.17) is 26.2 Å². The lowest BCUT2D eigenvalue weighted by Gasteiger charge is -2.32. The van der Waals surface area contributed by atoms with Crippen molar-refractivity contribution in [3.05, 3.63) is 58.9 Å². The molecule has 188 valence electrons. The van der Waals surface area contributed by atoms with Gasteiger partial charge < -0.3 is 25.2 Å². The number of benzene rings is 2. The highest BCUT2D eigenvalue weighted by molar-refractivity contribution is 6.30. The molecule has 1 aliphatic rings. The Morgan fingerprint density at radius 2 is 2.03 bits per heavy atom. The van der Waals surface area contributed by atoms with Gasteiger partial charge in [-0.1, -0.05) is 23.7 Å². The summed E-state index contributed by atoms with van der Waals surface area (Å²) in [6, 6.07) is 10.7. The van der Waals surface area contributed by atoms with E-state index in [-0.39, 0.29) is 37.5 Å². The van der Waals surface area contributed by atoms with Gasteiger partial charge in [-0.3, -0.25) is 15.0 Å². The van der Waals surface area contributed by atoms with E-state index in [9.17, 15) is 14.0 Å². The molecular formula is C23H27ClFN5O5. The molecule has 4 N–H and O–H groups in total. The summed E-state index contributed by atoms with van der Waals surface area (Å²) in [6.07, 6.45) is -1.36. The molecule has 2 aromatic carbocycles. The van der Waals surface area contributed by atoms with Crippen LogP contribution >= 0.6 is 11.6 Å². The molecule has 0 saturated heterocycles. The highest BCUT2D eigenvalue weighted by Crippen LogP contribution is 2.23. The first-order valence-corrected chi connectivity index (χ1v) is 11.3. The molecule has 0 aliphatic carbocycles. The quantitative estimate of drug-likeness (QED) is 0.392. The maximum atomic E-state index is 14.5. The number of aliphatic hydroxyl groups excluding tert-OH is 1. The van der Waals surface area contributed by atoms with Crippen molar-refractivity contribution in [1.29, 1.82) is 0 Å². The zero-order valence-corrected chi connectivity index (χ0v) is 20.0. The zero-order chi connectivity index (χ0) is 25.4. The molecule has 1 heterocycles. The molecule has 1 aliphatic heterocycles. The van der Waals surface area contributed by atoms with Gasteiger partial charge in [0.05, 0.1) is 19.3 Å². The van der Waals surface area contributed by atoms with Gasteiger partial charge in [-0.15, -0.1) is 0 Å². The molecule has 10 nitrogen and oxygen atoms in total. The number of carbonyl (C=O) groups is 2. The number of amides is 3. The summed E-state index contributed by atoms with van der Waals surface area (Å²) in [5, 5.41) is 17.3. The normalized spacial score (nSPS) is 15.5. The molecule has 0 bridgehead atoms. The summed E-state index contributed by atoms with van der Waals surface area (Å²) in [6.45, 7) is 3.19. The lowest BCUT2D eigenvalue weighted by atomic mass is 10.2. The fourth-order valence-electron chi connectivity index (χ4n) is 3.05. The zero-order valence-electron chi connectivity index (χ0n) is 19.3. The Morgan fingerprint density at radius 1 is 1.29 bits per heavy atom. The van der Waals surface area contributed by atoms with Crippen molar-refractivity contribution in [3.63, 3.8) is 0 Å². The summed E-state index contributed by atoms with van der Waals surface area (Å²) in [5.41, 5.74) is 1.10. The molecule has 2 aromatic rings. The number of rotatable bonds is 10. The van der Waals surface area contributed by atoms with Crippen LogP contribution in [0.2, 0.25) is 5.02 Å². The van der Waals surface area contributed by atoms with E-state index in [0.29, 0.717) is 10.7 Å². The van der Waals surface area contributed by atoms with Crippen LogP contribution in [0.25, 0.3) is 0 Å². The van der Waals surface area contributed by atoms with Crippen molar-refractivity contribution in [2.45, 2.75) is 32.8 Å². The first-order valence-electron chi connectivity index (χ1n) is 10.9. The molecule has 0 radical (unpaired) electrons.